The molecule has 0 radical (unpaired) electrons. The molecule has 1 aliphatic rings. The van der Waals surface area contributed by atoms with Crippen LogP contribution >= 0.6 is 12.4 Å². The molecule has 9 heteroatoms. The number of carbonyl (C=O) groups excluding carboxylic acids is 1. The number of nitrogen functional groups attached to an aromatic ring is 1. The van der Waals surface area contributed by atoms with Gasteiger partial charge in [0.2, 0.25) is 15.9 Å². The molecular formula is C17H28ClN3O4S. The van der Waals surface area contributed by atoms with E-state index in [1.165, 1.54) is 4.31 Å². The third-order valence-electron chi connectivity index (χ3n) is 4.11. The van der Waals surface area contributed by atoms with Crippen LogP contribution in [0.4, 0.5) is 5.69 Å². The summed E-state index contributed by atoms with van der Waals surface area (Å²) in [6.07, 6.45) is 0.313. The van der Waals surface area contributed by atoms with Crippen LogP contribution in [0.15, 0.2) is 24.3 Å². The average molecular weight is 406 g/mol. The molecule has 0 saturated carbocycles. The molecule has 2 N–H and O–H groups in total. The molecule has 0 aliphatic carbocycles. The number of sulfonamides is 1. The van der Waals surface area contributed by atoms with Gasteiger partial charge in [-0.05, 0) is 31.5 Å². The van der Waals surface area contributed by atoms with Crippen molar-refractivity contribution in [3.05, 3.63) is 29.8 Å². The number of anilines is 1. The van der Waals surface area contributed by atoms with E-state index in [0.717, 1.165) is 5.56 Å². The number of carbonyl (C=O) groups is 1. The number of amides is 1. The maximum absolute atomic E-state index is 12.4. The van der Waals surface area contributed by atoms with E-state index in [1.54, 1.807) is 17.0 Å². The van der Waals surface area contributed by atoms with Crippen molar-refractivity contribution in [3.8, 4) is 0 Å². The Morgan fingerprint density at radius 1 is 1.15 bits per heavy atom. The van der Waals surface area contributed by atoms with Crippen molar-refractivity contribution >= 4 is 34.0 Å². The minimum Gasteiger partial charge on any atom is -0.399 e. The van der Waals surface area contributed by atoms with E-state index in [2.05, 4.69) is 0 Å². The molecule has 7 nitrogen and oxygen atoms in total. The quantitative estimate of drug-likeness (QED) is 0.686. The lowest BCUT2D eigenvalue weighted by Crippen LogP contribution is -2.51. The van der Waals surface area contributed by atoms with Crippen molar-refractivity contribution in [1.29, 1.82) is 0 Å². The summed E-state index contributed by atoms with van der Waals surface area (Å²) in [6, 6.07) is 7.21. The maximum Gasteiger partial charge on any atom is 0.227 e. The van der Waals surface area contributed by atoms with Gasteiger partial charge in [0.1, 0.15) is 0 Å². The van der Waals surface area contributed by atoms with Crippen LogP contribution in [0.25, 0.3) is 0 Å². The third kappa shape index (κ3) is 6.75. The van der Waals surface area contributed by atoms with Gasteiger partial charge in [0, 0.05) is 31.9 Å². The number of hydrogen-bond acceptors (Lipinski definition) is 5. The monoisotopic (exact) mass is 405 g/mol. The molecule has 1 amide bonds. The number of benzene rings is 1. The predicted molar refractivity (Wildman–Crippen MR) is 105 cm³/mol. The SMILES string of the molecule is CC(C)OCCS(=O)(=O)N1CCN(C(=O)Cc2ccc(N)cc2)CC1.Cl. The molecule has 0 aromatic heterocycles. The van der Waals surface area contributed by atoms with E-state index >= 15 is 0 Å². The number of halogens is 1. The number of nitrogens with two attached hydrogens (primary N) is 1. The van der Waals surface area contributed by atoms with Gasteiger partial charge in [-0.3, -0.25) is 4.79 Å². The smallest absolute Gasteiger partial charge is 0.227 e. The molecule has 26 heavy (non-hydrogen) atoms. The van der Waals surface area contributed by atoms with Crippen LogP contribution in [-0.2, 0) is 26.0 Å². The minimum absolute atomic E-state index is 0. The lowest BCUT2D eigenvalue weighted by Gasteiger charge is -2.34. The van der Waals surface area contributed by atoms with Crippen LogP contribution in [0.5, 0.6) is 0 Å². The van der Waals surface area contributed by atoms with Crippen LogP contribution in [0.2, 0.25) is 0 Å². The minimum atomic E-state index is -3.34. The molecule has 0 bridgehead atoms. The molecular weight excluding hydrogens is 378 g/mol. The number of piperazine rings is 1. The highest BCUT2D eigenvalue weighted by molar-refractivity contribution is 7.89. The third-order valence-corrected chi connectivity index (χ3v) is 5.95. The summed E-state index contributed by atoms with van der Waals surface area (Å²) >= 11 is 0. The Balaban J connectivity index is 0.00000338. The molecule has 1 aliphatic heterocycles. The lowest BCUT2D eigenvalue weighted by molar-refractivity contribution is -0.131. The van der Waals surface area contributed by atoms with Crippen LogP contribution in [0, 0.1) is 0 Å². The van der Waals surface area contributed by atoms with Gasteiger partial charge in [0.05, 0.1) is 24.9 Å². The van der Waals surface area contributed by atoms with Gasteiger partial charge >= 0.3 is 0 Å². The van der Waals surface area contributed by atoms with E-state index in [4.69, 9.17) is 10.5 Å². The second-order valence-electron chi connectivity index (χ2n) is 6.43. The number of ether oxygens (including phenoxy) is 1. The predicted octanol–water partition coefficient (Wildman–Crippen LogP) is 1.13. The largest absolute Gasteiger partial charge is 0.399 e. The van der Waals surface area contributed by atoms with Crippen LogP contribution < -0.4 is 5.73 Å². The number of nitrogens with zero attached hydrogens (tertiary/aromatic N) is 2. The molecule has 0 spiro atoms. The molecule has 0 unspecified atom stereocenters. The van der Waals surface area contributed by atoms with Crippen molar-refractivity contribution in [3.63, 3.8) is 0 Å². The van der Waals surface area contributed by atoms with Gasteiger partial charge in [-0.15, -0.1) is 12.4 Å². The Hall–Kier alpha value is -1.35. The van der Waals surface area contributed by atoms with Gasteiger partial charge in [0.25, 0.3) is 0 Å². The second kappa shape index (κ2) is 10.1. The first kappa shape index (κ1) is 22.7. The van der Waals surface area contributed by atoms with E-state index in [-0.39, 0.29) is 36.8 Å². The lowest BCUT2D eigenvalue weighted by atomic mass is 10.1. The second-order valence-corrected chi connectivity index (χ2v) is 8.52. The molecule has 1 aromatic rings. The Labute approximate surface area is 161 Å². The standard InChI is InChI=1S/C17H27N3O4S.ClH/c1-14(2)24-11-12-25(22,23)20-9-7-19(8-10-20)17(21)13-15-3-5-16(18)6-4-15;/h3-6,14H,7-13,18H2,1-2H3;1H. The zero-order valence-electron chi connectivity index (χ0n) is 15.3. The van der Waals surface area contributed by atoms with E-state index in [1.807, 2.05) is 26.0 Å². The highest BCUT2D eigenvalue weighted by atomic mass is 35.5. The fourth-order valence-corrected chi connectivity index (χ4v) is 3.94. The summed E-state index contributed by atoms with van der Waals surface area (Å²) in [6.45, 7) is 5.43. The Morgan fingerprint density at radius 2 is 1.73 bits per heavy atom. The van der Waals surface area contributed by atoms with Gasteiger partial charge in [-0.2, -0.15) is 4.31 Å². The average Bonchev–Trinajstić information content (AvgIpc) is 2.56. The summed E-state index contributed by atoms with van der Waals surface area (Å²) < 4.78 is 31.4. The van der Waals surface area contributed by atoms with Crippen molar-refractivity contribution < 1.29 is 17.9 Å². The van der Waals surface area contributed by atoms with Crippen LogP contribution in [0.3, 0.4) is 0 Å². The van der Waals surface area contributed by atoms with Crippen molar-refractivity contribution in [2.75, 3.05) is 44.3 Å². The number of rotatable bonds is 7. The first-order valence-corrected chi connectivity index (χ1v) is 10.1. The van der Waals surface area contributed by atoms with Crippen LogP contribution in [0.1, 0.15) is 19.4 Å². The topological polar surface area (TPSA) is 92.9 Å². The molecule has 1 fully saturated rings. The first-order chi connectivity index (χ1) is 11.8. The molecule has 2 rings (SSSR count). The van der Waals surface area contributed by atoms with Crippen LogP contribution in [-0.4, -0.2) is 68.2 Å². The first-order valence-electron chi connectivity index (χ1n) is 8.49. The zero-order valence-corrected chi connectivity index (χ0v) is 16.9. The normalized spacial score (nSPS) is 15.7. The van der Waals surface area contributed by atoms with Crippen molar-refractivity contribution in [2.45, 2.75) is 26.4 Å². The highest BCUT2D eigenvalue weighted by Crippen LogP contribution is 2.12. The van der Waals surface area contributed by atoms with E-state index in [9.17, 15) is 13.2 Å². The van der Waals surface area contributed by atoms with E-state index in [0.29, 0.717) is 38.3 Å². The Kier molecular flexibility index (Phi) is 8.82. The number of hydrogen-bond donors (Lipinski definition) is 1. The fourth-order valence-electron chi connectivity index (χ4n) is 2.66. The van der Waals surface area contributed by atoms with Crippen molar-refractivity contribution in [1.82, 2.24) is 9.21 Å². The Bertz CT molecular complexity index is 672. The Morgan fingerprint density at radius 3 is 2.27 bits per heavy atom. The molecule has 148 valence electrons. The van der Waals surface area contributed by atoms with Gasteiger partial charge in [0.15, 0.2) is 0 Å². The van der Waals surface area contributed by atoms with Gasteiger partial charge < -0.3 is 15.4 Å². The van der Waals surface area contributed by atoms with Gasteiger partial charge in [-0.1, -0.05) is 12.1 Å². The molecule has 1 aromatic carbocycles. The summed E-state index contributed by atoms with van der Waals surface area (Å²) in [5.74, 6) is -0.0187. The summed E-state index contributed by atoms with van der Waals surface area (Å²) in [5, 5.41) is 0. The summed E-state index contributed by atoms with van der Waals surface area (Å²) in [5.41, 5.74) is 7.21. The molecule has 1 heterocycles. The van der Waals surface area contributed by atoms with Crippen molar-refractivity contribution in [2.24, 2.45) is 0 Å². The summed E-state index contributed by atoms with van der Waals surface area (Å²) in [7, 11) is -3.34. The van der Waals surface area contributed by atoms with Gasteiger partial charge in [-0.25, -0.2) is 8.42 Å². The van der Waals surface area contributed by atoms with E-state index < -0.39 is 10.0 Å². The maximum atomic E-state index is 12.4. The zero-order chi connectivity index (χ0) is 18.4. The molecule has 0 atom stereocenters. The fraction of sp³-hybridized carbons (Fsp3) is 0.588. The highest BCUT2D eigenvalue weighted by Gasteiger charge is 2.28. The summed E-state index contributed by atoms with van der Waals surface area (Å²) in [4.78, 5) is 14.1. The molecule has 1 saturated heterocycles.